The number of hydrogen-bond acceptors (Lipinski definition) is 3. The second kappa shape index (κ2) is 8.03. The van der Waals surface area contributed by atoms with Gasteiger partial charge in [-0.15, -0.1) is 0 Å². The van der Waals surface area contributed by atoms with Crippen molar-refractivity contribution in [1.29, 1.82) is 0 Å². The zero-order valence-corrected chi connectivity index (χ0v) is 19.3. The smallest absolute Gasteiger partial charge is 0.0438 e. The Labute approximate surface area is 191 Å². The zero-order chi connectivity index (χ0) is 21.6. The number of aryl methyl sites for hydroxylation is 2. The monoisotopic (exact) mass is 433 g/mol. The topological polar surface area (TPSA) is 18.5 Å². The molecule has 3 aliphatic heterocycles. The standard InChI is InChI=1S/C27H32ClN3/c1-19-6-8-22-17-21(7-11-26(22)30(19)3)5-4-14-31-15-12-27(13-16-31)20(2)29-25-10-9-23(28)18-24(25)27/h7,9-11,17-18,29H,1-2,4-6,8,12-16H2,3H3. The number of benzene rings is 2. The van der Waals surface area contributed by atoms with Gasteiger partial charge in [0, 0.05) is 40.3 Å². The molecule has 3 nitrogen and oxygen atoms in total. The van der Waals surface area contributed by atoms with Crippen molar-refractivity contribution in [2.24, 2.45) is 0 Å². The molecule has 0 amide bonds. The van der Waals surface area contributed by atoms with Gasteiger partial charge in [-0.3, -0.25) is 0 Å². The van der Waals surface area contributed by atoms with E-state index < -0.39 is 0 Å². The van der Waals surface area contributed by atoms with Crippen molar-refractivity contribution in [2.75, 3.05) is 36.9 Å². The molecule has 1 N–H and O–H groups in total. The maximum atomic E-state index is 6.31. The Kier molecular flexibility index (Phi) is 5.35. The first-order valence-electron chi connectivity index (χ1n) is 11.5. The molecule has 3 aliphatic rings. The van der Waals surface area contributed by atoms with Gasteiger partial charge in [-0.1, -0.05) is 36.9 Å². The number of likely N-dealkylation sites (tertiary alicyclic amines) is 1. The van der Waals surface area contributed by atoms with Gasteiger partial charge in [-0.05, 0) is 99.1 Å². The van der Waals surface area contributed by atoms with Gasteiger partial charge in [0.1, 0.15) is 0 Å². The summed E-state index contributed by atoms with van der Waals surface area (Å²) in [7, 11) is 2.13. The molecule has 162 valence electrons. The number of nitrogens with zero attached hydrogens (tertiary/aromatic N) is 2. The van der Waals surface area contributed by atoms with Crippen molar-refractivity contribution in [1.82, 2.24) is 4.90 Å². The zero-order valence-electron chi connectivity index (χ0n) is 18.5. The van der Waals surface area contributed by atoms with Gasteiger partial charge in [0.05, 0.1) is 0 Å². The highest BCUT2D eigenvalue weighted by molar-refractivity contribution is 6.30. The Hall–Kier alpha value is -2.23. The van der Waals surface area contributed by atoms with Crippen molar-refractivity contribution in [2.45, 2.75) is 43.9 Å². The Morgan fingerprint density at radius 2 is 1.87 bits per heavy atom. The van der Waals surface area contributed by atoms with Gasteiger partial charge in [-0.25, -0.2) is 0 Å². The SMILES string of the molecule is C=C1CCc2cc(CCCN3CCC4(CC3)C(=C)Nc3ccc(Cl)cc34)ccc2N1C. The molecule has 1 saturated heterocycles. The summed E-state index contributed by atoms with van der Waals surface area (Å²) in [4.78, 5) is 4.86. The molecular weight excluding hydrogens is 402 g/mol. The van der Waals surface area contributed by atoms with Crippen LogP contribution in [0.25, 0.3) is 0 Å². The molecule has 5 rings (SSSR count). The average Bonchev–Trinajstić information content (AvgIpc) is 3.03. The maximum Gasteiger partial charge on any atom is 0.0438 e. The molecule has 0 atom stereocenters. The molecule has 3 heterocycles. The maximum absolute atomic E-state index is 6.31. The van der Waals surface area contributed by atoms with Crippen molar-refractivity contribution >= 4 is 23.0 Å². The Morgan fingerprint density at radius 1 is 1.06 bits per heavy atom. The fraction of sp³-hybridized carbons (Fsp3) is 0.407. The van der Waals surface area contributed by atoms with E-state index in [-0.39, 0.29) is 5.41 Å². The third-order valence-corrected chi connectivity index (χ3v) is 7.91. The Morgan fingerprint density at radius 3 is 2.68 bits per heavy atom. The quantitative estimate of drug-likeness (QED) is 0.624. The first-order valence-corrected chi connectivity index (χ1v) is 11.9. The minimum Gasteiger partial charge on any atom is -0.358 e. The van der Waals surface area contributed by atoms with Crippen LogP contribution in [0.1, 0.15) is 42.4 Å². The molecule has 4 heteroatoms. The molecule has 0 unspecified atom stereocenters. The minimum atomic E-state index is 0.0469. The van der Waals surface area contributed by atoms with Crippen molar-refractivity contribution in [3.8, 4) is 0 Å². The number of hydrogen-bond donors (Lipinski definition) is 1. The summed E-state index contributed by atoms with van der Waals surface area (Å²) in [6, 6.07) is 13.2. The molecule has 0 bridgehead atoms. The summed E-state index contributed by atoms with van der Waals surface area (Å²) in [5.74, 6) is 0. The molecular formula is C27H32ClN3. The fourth-order valence-corrected chi connectivity index (χ4v) is 5.81. The molecule has 2 aromatic rings. The van der Waals surface area contributed by atoms with E-state index in [1.165, 1.54) is 40.2 Å². The van der Waals surface area contributed by atoms with Crippen molar-refractivity contribution in [3.63, 3.8) is 0 Å². The number of piperidine rings is 1. The second-order valence-electron chi connectivity index (χ2n) is 9.41. The first-order chi connectivity index (χ1) is 15.0. The fourth-order valence-electron chi connectivity index (χ4n) is 5.64. The van der Waals surface area contributed by atoms with Crippen LogP contribution in [0.2, 0.25) is 5.02 Å². The molecule has 0 radical (unpaired) electrons. The van der Waals surface area contributed by atoms with Crippen LogP contribution in [-0.4, -0.2) is 31.6 Å². The lowest BCUT2D eigenvalue weighted by molar-refractivity contribution is 0.179. The largest absolute Gasteiger partial charge is 0.358 e. The van der Waals surface area contributed by atoms with Gasteiger partial charge >= 0.3 is 0 Å². The summed E-state index contributed by atoms with van der Waals surface area (Å²) < 4.78 is 0. The normalized spacial score (nSPS) is 20.0. The van der Waals surface area contributed by atoms with E-state index in [0.29, 0.717) is 0 Å². The second-order valence-corrected chi connectivity index (χ2v) is 9.85. The molecule has 1 spiro atoms. The van der Waals surface area contributed by atoms with Gasteiger partial charge in [0.25, 0.3) is 0 Å². The summed E-state index contributed by atoms with van der Waals surface area (Å²) in [6.07, 6.45) is 6.76. The summed E-state index contributed by atoms with van der Waals surface area (Å²) in [5, 5.41) is 4.33. The lowest BCUT2D eigenvalue weighted by Gasteiger charge is -2.40. The molecule has 2 aromatic carbocycles. The number of fused-ring (bicyclic) bond motifs is 3. The molecule has 31 heavy (non-hydrogen) atoms. The Bertz CT molecular complexity index is 1030. The van der Waals surface area contributed by atoms with Gasteiger partial charge in [-0.2, -0.15) is 0 Å². The molecule has 0 aromatic heterocycles. The van der Waals surface area contributed by atoms with Crippen LogP contribution in [0.4, 0.5) is 11.4 Å². The first kappa shape index (κ1) is 20.7. The van der Waals surface area contributed by atoms with E-state index in [9.17, 15) is 0 Å². The summed E-state index contributed by atoms with van der Waals surface area (Å²) in [5.41, 5.74) is 9.19. The van der Waals surface area contributed by atoms with E-state index in [1.807, 2.05) is 6.07 Å². The predicted molar refractivity (Wildman–Crippen MR) is 132 cm³/mol. The van der Waals surface area contributed by atoms with E-state index >= 15 is 0 Å². The van der Waals surface area contributed by atoms with Crippen LogP contribution in [0.15, 0.2) is 61.0 Å². The highest BCUT2D eigenvalue weighted by Gasteiger charge is 2.44. The summed E-state index contributed by atoms with van der Waals surface area (Å²) in [6.45, 7) is 11.9. The van der Waals surface area contributed by atoms with Crippen LogP contribution in [0.3, 0.4) is 0 Å². The molecule has 0 aliphatic carbocycles. The minimum absolute atomic E-state index is 0.0469. The van der Waals surface area contributed by atoms with Crippen LogP contribution in [0.5, 0.6) is 0 Å². The highest BCUT2D eigenvalue weighted by atomic mass is 35.5. The predicted octanol–water partition coefficient (Wildman–Crippen LogP) is 6.14. The number of allylic oxidation sites excluding steroid dienone is 2. The van der Waals surface area contributed by atoms with Gasteiger partial charge in [0.15, 0.2) is 0 Å². The Balaban J connectivity index is 1.17. The number of anilines is 2. The van der Waals surface area contributed by atoms with Crippen molar-refractivity contribution in [3.05, 3.63) is 82.7 Å². The lowest BCUT2D eigenvalue weighted by Crippen LogP contribution is -2.43. The average molecular weight is 434 g/mol. The third kappa shape index (κ3) is 3.68. The lowest BCUT2D eigenvalue weighted by atomic mass is 9.72. The summed E-state index contributed by atoms with van der Waals surface area (Å²) >= 11 is 6.31. The van der Waals surface area contributed by atoms with Gasteiger partial charge in [0.2, 0.25) is 0 Å². The third-order valence-electron chi connectivity index (χ3n) is 7.67. The van der Waals surface area contributed by atoms with Crippen LogP contribution in [0, 0.1) is 0 Å². The van der Waals surface area contributed by atoms with Crippen LogP contribution in [-0.2, 0) is 18.3 Å². The van der Waals surface area contributed by atoms with Crippen LogP contribution >= 0.6 is 11.6 Å². The molecule has 0 saturated carbocycles. The number of rotatable bonds is 4. The van der Waals surface area contributed by atoms with E-state index in [2.05, 4.69) is 65.7 Å². The van der Waals surface area contributed by atoms with Gasteiger partial charge < -0.3 is 15.1 Å². The highest BCUT2D eigenvalue weighted by Crippen LogP contribution is 2.50. The van der Waals surface area contributed by atoms with E-state index in [1.54, 1.807) is 0 Å². The van der Waals surface area contributed by atoms with Crippen molar-refractivity contribution < 1.29 is 0 Å². The number of halogens is 1. The van der Waals surface area contributed by atoms with E-state index in [0.717, 1.165) is 62.5 Å². The van der Waals surface area contributed by atoms with E-state index in [4.69, 9.17) is 11.6 Å². The van der Waals surface area contributed by atoms with Crippen LogP contribution < -0.4 is 10.2 Å². The molecule has 1 fully saturated rings. The number of nitrogens with one attached hydrogen (secondary N) is 1.